The molecular formula is C21H25N3O. The summed E-state index contributed by atoms with van der Waals surface area (Å²) in [7, 11) is 0. The van der Waals surface area contributed by atoms with E-state index in [0.29, 0.717) is 11.3 Å². The van der Waals surface area contributed by atoms with Crippen LogP contribution >= 0.6 is 0 Å². The Morgan fingerprint density at radius 2 is 2.20 bits per heavy atom. The van der Waals surface area contributed by atoms with E-state index < -0.39 is 0 Å². The Hall–Kier alpha value is -2.10. The van der Waals surface area contributed by atoms with Crippen molar-refractivity contribution in [2.24, 2.45) is 5.92 Å². The van der Waals surface area contributed by atoms with E-state index in [2.05, 4.69) is 39.8 Å². The normalized spacial score (nSPS) is 29.8. The highest BCUT2D eigenvalue weighted by atomic mass is 16.1. The molecule has 1 aromatic carbocycles. The molecule has 4 heteroatoms. The van der Waals surface area contributed by atoms with Crippen LogP contribution in [0.5, 0.6) is 0 Å². The molecule has 1 saturated carbocycles. The van der Waals surface area contributed by atoms with E-state index in [1.807, 2.05) is 6.20 Å². The second-order valence-electron chi connectivity index (χ2n) is 8.06. The Morgan fingerprint density at radius 1 is 1.28 bits per heavy atom. The summed E-state index contributed by atoms with van der Waals surface area (Å²) in [5.74, 6) is 0.773. The molecule has 2 aromatic rings. The Kier molecular flexibility index (Phi) is 3.47. The van der Waals surface area contributed by atoms with E-state index in [0.717, 1.165) is 37.1 Å². The number of aromatic nitrogens is 2. The van der Waals surface area contributed by atoms with Gasteiger partial charge in [-0.3, -0.25) is 9.89 Å². The average molecular weight is 335 g/mol. The number of aromatic amines is 1. The van der Waals surface area contributed by atoms with E-state index in [4.69, 9.17) is 0 Å². The van der Waals surface area contributed by atoms with Crippen LogP contribution in [0, 0.1) is 5.92 Å². The van der Waals surface area contributed by atoms with Crippen LogP contribution in [0.2, 0.25) is 0 Å². The van der Waals surface area contributed by atoms with Crippen LogP contribution in [0.3, 0.4) is 0 Å². The molecule has 5 rings (SSSR count). The standard InChI is InChI=1S/C21H25N3O/c25-20(16-7-3-9-19-17(16)13-23-24-19)22-12-15-11-21(15)10-4-6-14-5-1-2-8-18(14)21/h1-2,5,8,13,15-16H,3-4,6-7,9-12H2,(H,22,25)(H,23,24)/t15-,16-,21-/m0/s1. The van der Waals surface area contributed by atoms with Crippen molar-refractivity contribution in [2.75, 3.05) is 6.54 Å². The van der Waals surface area contributed by atoms with Crippen LogP contribution in [0.1, 0.15) is 60.4 Å². The number of hydrogen-bond acceptors (Lipinski definition) is 2. The first kappa shape index (κ1) is 15.2. The van der Waals surface area contributed by atoms with Gasteiger partial charge in [-0.1, -0.05) is 24.3 Å². The third-order valence-corrected chi connectivity index (χ3v) is 6.74. The van der Waals surface area contributed by atoms with Crippen LogP contribution in [0.15, 0.2) is 30.5 Å². The maximum Gasteiger partial charge on any atom is 0.227 e. The number of nitrogens with one attached hydrogen (secondary N) is 2. The second-order valence-corrected chi connectivity index (χ2v) is 8.06. The number of H-pyrrole nitrogens is 1. The van der Waals surface area contributed by atoms with E-state index in [1.54, 1.807) is 5.56 Å². The molecule has 0 radical (unpaired) electrons. The van der Waals surface area contributed by atoms with Crippen molar-refractivity contribution in [3.8, 4) is 0 Å². The molecule has 0 bridgehead atoms. The Morgan fingerprint density at radius 3 is 3.16 bits per heavy atom. The fourth-order valence-electron chi connectivity index (χ4n) is 5.32. The van der Waals surface area contributed by atoms with Gasteiger partial charge in [-0.25, -0.2) is 0 Å². The molecule has 0 unspecified atom stereocenters. The topological polar surface area (TPSA) is 57.8 Å². The van der Waals surface area contributed by atoms with Gasteiger partial charge in [-0.2, -0.15) is 5.10 Å². The number of nitrogens with zero attached hydrogens (tertiary/aromatic N) is 1. The van der Waals surface area contributed by atoms with Crippen molar-refractivity contribution in [3.05, 3.63) is 52.8 Å². The number of benzene rings is 1. The smallest absolute Gasteiger partial charge is 0.227 e. The number of rotatable bonds is 3. The van der Waals surface area contributed by atoms with E-state index in [-0.39, 0.29) is 11.8 Å². The molecule has 1 spiro atoms. The summed E-state index contributed by atoms with van der Waals surface area (Å²) >= 11 is 0. The largest absolute Gasteiger partial charge is 0.355 e. The first-order valence-electron chi connectivity index (χ1n) is 9.66. The highest BCUT2D eigenvalue weighted by Crippen LogP contribution is 2.59. The van der Waals surface area contributed by atoms with Gasteiger partial charge in [0.25, 0.3) is 0 Å². The highest BCUT2D eigenvalue weighted by molar-refractivity contribution is 5.84. The van der Waals surface area contributed by atoms with Crippen LogP contribution < -0.4 is 5.32 Å². The summed E-state index contributed by atoms with van der Waals surface area (Å²) in [4.78, 5) is 12.8. The fraction of sp³-hybridized carbons (Fsp3) is 0.524. The predicted octanol–water partition coefficient (Wildman–Crippen LogP) is 3.24. The summed E-state index contributed by atoms with van der Waals surface area (Å²) in [5, 5.41) is 10.4. The molecule has 1 aromatic heterocycles. The number of amides is 1. The molecule has 1 fully saturated rings. The third-order valence-electron chi connectivity index (χ3n) is 6.74. The molecule has 25 heavy (non-hydrogen) atoms. The van der Waals surface area contributed by atoms with Crippen molar-refractivity contribution in [2.45, 2.75) is 56.3 Å². The van der Waals surface area contributed by atoms with Gasteiger partial charge in [0.2, 0.25) is 5.91 Å². The lowest BCUT2D eigenvalue weighted by molar-refractivity contribution is -0.122. The van der Waals surface area contributed by atoms with Gasteiger partial charge >= 0.3 is 0 Å². The molecule has 3 aliphatic rings. The van der Waals surface area contributed by atoms with Gasteiger partial charge in [-0.15, -0.1) is 0 Å². The summed E-state index contributed by atoms with van der Waals surface area (Å²) in [6.07, 6.45) is 9.86. The molecule has 130 valence electrons. The molecular weight excluding hydrogens is 310 g/mol. The molecule has 0 aliphatic heterocycles. The number of fused-ring (bicyclic) bond motifs is 3. The van der Waals surface area contributed by atoms with Crippen molar-refractivity contribution in [1.29, 1.82) is 0 Å². The van der Waals surface area contributed by atoms with E-state index in [1.165, 1.54) is 31.2 Å². The van der Waals surface area contributed by atoms with Crippen LogP contribution in [-0.4, -0.2) is 22.6 Å². The first-order valence-corrected chi connectivity index (χ1v) is 9.66. The maximum absolute atomic E-state index is 12.8. The van der Waals surface area contributed by atoms with Gasteiger partial charge in [0.05, 0.1) is 12.1 Å². The minimum absolute atomic E-state index is 0.0177. The summed E-state index contributed by atoms with van der Waals surface area (Å²) < 4.78 is 0. The second kappa shape index (κ2) is 5.72. The lowest BCUT2D eigenvalue weighted by atomic mass is 9.78. The van der Waals surface area contributed by atoms with Crippen LogP contribution in [-0.2, 0) is 23.1 Å². The third kappa shape index (κ3) is 2.42. The van der Waals surface area contributed by atoms with Gasteiger partial charge in [0, 0.05) is 23.2 Å². The molecule has 3 aliphatic carbocycles. The zero-order chi connectivity index (χ0) is 16.9. The fourth-order valence-corrected chi connectivity index (χ4v) is 5.32. The van der Waals surface area contributed by atoms with Gasteiger partial charge in [0.1, 0.15) is 0 Å². The lowest BCUT2D eigenvalue weighted by Gasteiger charge is -2.27. The van der Waals surface area contributed by atoms with Gasteiger partial charge in [-0.05, 0) is 62.0 Å². The minimum atomic E-state index is -0.0177. The van der Waals surface area contributed by atoms with Gasteiger partial charge < -0.3 is 5.32 Å². The lowest BCUT2D eigenvalue weighted by Crippen LogP contribution is -2.34. The van der Waals surface area contributed by atoms with Gasteiger partial charge in [0.15, 0.2) is 0 Å². The van der Waals surface area contributed by atoms with E-state index >= 15 is 0 Å². The number of carbonyl (C=O) groups is 1. The Bertz CT molecular complexity index is 811. The average Bonchev–Trinajstić information content (AvgIpc) is 3.11. The van der Waals surface area contributed by atoms with Crippen molar-refractivity contribution in [3.63, 3.8) is 0 Å². The van der Waals surface area contributed by atoms with E-state index in [9.17, 15) is 4.79 Å². The highest BCUT2D eigenvalue weighted by Gasteiger charge is 2.56. The Labute approximate surface area is 148 Å². The molecule has 1 heterocycles. The Balaban J connectivity index is 1.27. The monoisotopic (exact) mass is 335 g/mol. The predicted molar refractivity (Wildman–Crippen MR) is 96.4 cm³/mol. The number of hydrogen-bond donors (Lipinski definition) is 2. The van der Waals surface area contributed by atoms with Crippen molar-refractivity contribution >= 4 is 5.91 Å². The first-order chi connectivity index (χ1) is 12.3. The summed E-state index contributed by atoms with van der Waals surface area (Å²) in [6, 6.07) is 8.92. The van der Waals surface area contributed by atoms with Crippen LogP contribution in [0.4, 0.5) is 0 Å². The molecule has 3 atom stereocenters. The summed E-state index contributed by atoms with van der Waals surface area (Å²) in [5.41, 5.74) is 5.68. The zero-order valence-electron chi connectivity index (χ0n) is 14.6. The maximum atomic E-state index is 12.8. The van der Waals surface area contributed by atoms with Crippen LogP contribution in [0.25, 0.3) is 0 Å². The molecule has 2 N–H and O–H groups in total. The quantitative estimate of drug-likeness (QED) is 0.905. The molecule has 4 nitrogen and oxygen atoms in total. The number of carbonyl (C=O) groups excluding carboxylic acids is 1. The molecule has 0 saturated heterocycles. The van der Waals surface area contributed by atoms with Crippen molar-refractivity contribution in [1.82, 2.24) is 15.5 Å². The molecule has 1 amide bonds. The van der Waals surface area contributed by atoms with Crippen molar-refractivity contribution < 1.29 is 4.79 Å². The zero-order valence-corrected chi connectivity index (χ0v) is 14.6. The summed E-state index contributed by atoms with van der Waals surface area (Å²) in [6.45, 7) is 0.816. The number of aryl methyl sites for hydroxylation is 2. The minimum Gasteiger partial charge on any atom is -0.355 e. The SMILES string of the molecule is O=C(NC[C@@H]1C[C@@]12CCCc1ccccc12)[C@H]1CCCc2[nH]ncc21.